The van der Waals surface area contributed by atoms with Crippen molar-refractivity contribution in [3.8, 4) is 5.88 Å². The Labute approximate surface area is 105 Å². The summed E-state index contributed by atoms with van der Waals surface area (Å²) in [5.74, 6) is 0.899. The summed E-state index contributed by atoms with van der Waals surface area (Å²) in [6, 6.07) is 8.54. The van der Waals surface area contributed by atoms with Crippen LogP contribution in [0.4, 0.5) is 0 Å². The van der Waals surface area contributed by atoms with Crippen LogP contribution in [0.25, 0.3) is 10.9 Å². The van der Waals surface area contributed by atoms with E-state index in [1.165, 1.54) is 10.9 Å². The maximum Gasteiger partial charge on any atom is 0.276 e. The fourth-order valence-corrected chi connectivity index (χ4v) is 2.61. The molecule has 0 spiro atoms. The number of H-pyrrole nitrogens is 1. The van der Waals surface area contributed by atoms with Gasteiger partial charge in [-0.05, 0) is 30.1 Å². The van der Waals surface area contributed by atoms with Gasteiger partial charge in [0.1, 0.15) is 0 Å². The van der Waals surface area contributed by atoms with Crippen LogP contribution in [0.1, 0.15) is 26.3 Å². The van der Waals surface area contributed by atoms with Gasteiger partial charge in [-0.1, -0.05) is 32.9 Å². The minimum absolute atomic E-state index is 0.158. The molecule has 0 saturated heterocycles. The van der Waals surface area contributed by atoms with E-state index in [1.54, 1.807) is 0 Å². The molecule has 2 nitrogen and oxygen atoms in total. The minimum atomic E-state index is -0.713. The quantitative estimate of drug-likeness (QED) is 0.793. The summed E-state index contributed by atoms with van der Waals surface area (Å²) >= 11 is 0. The molecule has 0 fully saturated rings. The molecule has 1 heterocycles. The van der Waals surface area contributed by atoms with E-state index in [4.69, 9.17) is 4.43 Å². The van der Waals surface area contributed by atoms with E-state index in [2.05, 4.69) is 63.1 Å². The lowest BCUT2D eigenvalue weighted by Crippen LogP contribution is -2.11. The molecule has 1 radical (unpaired) electrons. The molecule has 17 heavy (non-hydrogen) atoms. The van der Waals surface area contributed by atoms with Crippen molar-refractivity contribution in [3.05, 3.63) is 29.8 Å². The Morgan fingerprint density at radius 3 is 2.47 bits per heavy atom. The molecule has 2 rings (SSSR count). The van der Waals surface area contributed by atoms with Crippen molar-refractivity contribution in [2.24, 2.45) is 0 Å². The molecule has 0 amide bonds. The van der Waals surface area contributed by atoms with Crippen molar-refractivity contribution in [3.63, 3.8) is 0 Å². The summed E-state index contributed by atoms with van der Waals surface area (Å²) in [6.45, 7) is 11.0. The second kappa shape index (κ2) is 4.22. The molecule has 0 aliphatic rings. The van der Waals surface area contributed by atoms with E-state index in [9.17, 15) is 0 Å². The van der Waals surface area contributed by atoms with Crippen molar-refractivity contribution < 1.29 is 4.43 Å². The van der Waals surface area contributed by atoms with Gasteiger partial charge < -0.3 is 9.41 Å². The molecule has 1 aromatic carbocycles. The highest BCUT2D eigenvalue weighted by Crippen LogP contribution is 2.32. The van der Waals surface area contributed by atoms with E-state index in [0.717, 1.165) is 11.4 Å². The largest absolute Gasteiger partial charge is 0.531 e. The van der Waals surface area contributed by atoms with Crippen molar-refractivity contribution in [1.29, 1.82) is 0 Å². The molecule has 0 aliphatic carbocycles. The lowest BCUT2D eigenvalue weighted by Gasteiger charge is -2.19. The third-order valence-corrected chi connectivity index (χ3v) is 3.39. The molecule has 1 N–H and O–H groups in total. The van der Waals surface area contributed by atoms with Crippen molar-refractivity contribution in [2.45, 2.75) is 39.3 Å². The zero-order valence-corrected chi connectivity index (χ0v) is 12.2. The number of rotatable bonds is 2. The molecular weight excluding hydrogens is 226 g/mol. The zero-order valence-electron chi connectivity index (χ0n) is 11.2. The van der Waals surface area contributed by atoms with Gasteiger partial charge in [-0.2, -0.15) is 0 Å². The Kier molecular flexibility index (Phi) is 3.04. The van der Waals surface area contributed by atoms with E-state index in [-0.39, 0.29) is 5.41 Å². The topological polar surface area (TPSA) is 25.0 Å². The molecule has 0 bridgehead atoms. The van der Waals surface area contributed by atoms with Crippen LogP contribution in [-0.4, -0.2) is 14.0 Å². The van der Waals surface area contributed by atoms with Crippen molar-refractivity contribution in [1.82, 2.24) is 4.98 Å². The van der Waals surface area contributed by atoms with Crippen LogP contribution in [0.3, 0.4) is 0 Å². The molecule has 0 atom stereocenters. The zero-order chi connectivity index (χ0) is 12.6. The lowest BCUT2D eigenvalue weighted by molar-refractivity contribution is 0.561. The van der Waals surface area contributed by atoms with Gasteiger partial charge in [0.15, 0.2) is 5.88 Å². The maximum atomic E-state index is 5.81. The molecule has 1 aromatic heterocycles. The number of hydrogen-bond donors (Lipinski definition) is 1. The fraction of sp³-hybridized carbons (Fsp3) is 0.429. The first kappa shape index (κ1) is 12.2. The Morgan fingerprint density at radius 2 is 1.88 bits per heavy atom. The van der Waals surface area contributed by atoms with Crippen LogP contribution in [0.15, 0.2) is 24.3 Å². The lowest BCUT2D eigenvalue weighted by atomic mass is 9.85. The summed E-state index contributed by atoms with van der Waals surface area (Å²) in [5.41, 5.74) is 2.68. The molecule has 3 heteroatoms. The highest BCUT2D eigenvalue weighted by Gasteiger charge is 2.18. The van der Waals surface area contributed by atoms with Crippen LogP contribution in [-0.2, 0) is 5.41 Å². The van der Waals surface area contributed by atoms with Gasteiger partial charge in [0.25, 0.3) is 9.04 Å². The normalized spacial score (nSPS) is 12.4. The molecule has 2 aromatic rings. The van der Waals surface area contributed by atoms with Gasteiger partial charge in [-0.25, -0.2) is 0 Å². The minimum Gasteiger partial charge on any atom is -0.531 e. The average Bonchev–Trinajstić information content (AvgIpc) is 2.55. The van der Waals surface area contributed by atoms with Crippen LogP contribution in [0.2, 0.25) is 13.1 Å². The monoisotopic (exact) mass is 246 g/mol. The number of nitrogens with one attached hydrogen (secondary N) is 1. The summed E-state index contributed by atoms with van der Waals surface area (Å²) in [6.07, 6.45) is 0. The second-order valence-electron chi connectivity index (χ2n) is 5.66. The predicted molar refractivity (Wildman–Crippen MR) is 75.1 cm³/mol. The van der Waals surface area contributed by atoms with Gasteiger partial charge in [0.05, 0.1) is 0 Å². The van der Waals surface area contributed by atoms with Gasteiger partial charge in [0.2, 0.25) is 0 Å². The standard InChI is InChI=1S/C14H20NOSi/c1-14(2,3)11-7-6-8-12-10(11)9-13(15-12)16-17(4)5/h6-9,15H,1-5H3. The average molecular weight is 246 g/mol. The summed E-state index contributed by atoms with van der Waals surface area (Å²) in [5, 5.41) is 1.28. The number of aromatic nitrogens is 1. The molecular formula is C14H20NOSi. The predicted octanol–water partition coefficient (Wildman–Crippen LogP) is 4.10. The first-order valence-corrected chi connectivity index (χ1v) is 8.39. The van der Waals surface area contributed by atoms with Crippen LogP contribution < -0.4 is 4.43 Å². The summed E-state index contributed by atoms with van der Waals surface area (Å²) < 4.78 is 5.81. The van der Waals surface area contributed by atoms with Gasteiger partial charge >= 0.3 is 0 Å². The Balaban J connectivity index is 2.53. The van der Waals surface area contributed by atoms with E-state index in [1.807, 2.05) is 0 Å². The Morgan fingerprint density at radius 1 is 1.18 bits per heavy atom. The third kappa shape index (κ3) is 2.55. The van der Waals surface area contributed by atoms with E-state index >= 15 is 0 Å². The third-order valence-electron chi connectivity index (χ3n) is 2.76. The van der Waals surface area contributed by atoms with E-state index in [0.29, 0.717) is 0 Å². The fourth-order valence-electron chi connectivity index (χ4n) is 2.06. The highest BCUT2D eigenvalue weighted by atomic mass is 28.3. The van der Waals surface area contributed by atoms with Crippen LogP contribution >= 0.6 is 0 Å². The number of benzene rings is 1. The molecule has 0 aliphatic heterocycles. The first-order chi connectivity index (χ1) is 7.88. The van der Waals surface area contributed by atoms with Crippen molar-refractivity contribution >= 4 is 19.9 Å². The van der Waals surface area contributed by atoms with E-state index < -0.39 is 9.04 Å². The van der Waals surface area contributed by atoms with Gasteiger partial charge in [-0.15, -0.1) is 0 Å². The Hall–Kier alpha value is -1.22. The number of fused-ring (bicyclic) bond motifs is 1. The highest BCUT2D eigenvalue weighted by molar-refractivity contribution is 6.49. The Bertz CT molecular complexity index is 522. The number of aromatic amines is 1. The van der Waals surface area contributed by atoms with Gasteiger partial charge in [0, 0.05) is 17.0 Å². The second-order valence-corrected chi connectivity index (χ2v) is 7.68. The van der Waals surface area contributed by atoms with Crippen LogP contribution in [0.5, 0.6) is 5.88 Å². The maximum absolute atomic E-state index is 5.81. The summed E-state index contributed by atoms with van der Waals surface area (Å²) in [4.78, 5) is 3.34. The van der Waals surface area contributed by atoms with Crippen molar-refractivity contribution in [2.75, 3.05) is 0 Å². The van der Waals surface area contributed by atoms with Crippen LogP contribution in [0, 0.1) is 0 Å². The molecule has 0 unspecified atom stereocenters. The summed E-state index contributed by atoms with van der Waals surface area (Å²) in [7, 11) is -0.713. The van der Waals surface area contributed by atoms with Gasteiger partial charge in [-0.3, -0.25) is 0 Å². The smallest absolute Gasteiger partial charge is 0.276 e. The molecule has 91 valence electrons. The number of hydrogen-bond acceptors (Lipinski definition) is 1. The molecule has 0 saturated carbocycles. The SMILES string of the molecule is C[Si](C)Oc1cc2c(C(C)(C)C)cccc2[nH]1. The first-order valence-electron chi connectivity index (χ1n) is 5.98.